The summed E-state index contributed by atoms with van der Waals surface area (Å²) in [4.78, 5) is 26.3. The second-order valence-electron chi connectivity index (χ2n) is 6.76. The number of hydrogen-bond donors (Lipinski definition) is 3. The number of nitrogens with zero attached hydrogens (tertiary/aromatic N) is 1. The van der Waals surface area contributed by atoms with Crippen LogP contribution in [-0.2, 0) is 9.53 Å². The number of carbonyl (C=O) groups excluding carboxylic acids is 2. The minimum atomic E-state index is -0.241. The normalized spacial score (nSPS) is 14.4. The topological polar surface area (TPSA) is 82.7 Å². The smallest absolute Gasteiger partial charge is 0.319 e. The summed E-state index contributed by atoms with van der Waals surface area (Å²) < 4.78 is 4.80. The molecule has 1 aliphatic rings. The van der Waals surface area contributed by atoms with E-state index in [-0.39, 0.29) is 24.6 Å². The maximum absolute atomic E-state index is 12.3. The molecule has 0 atom stereocenters. The third kappa shape index (κ3) is 5.72. The van der Waals surface area contributed by atoms with Gasteiger partial charge in [0, 0.05) is 43.3 Å². The largest absolute Gasteiger partial charge is 0.375 e. The van der Waals surface area contributed by atoms with Gasteiger partial charge in [-0.25, -0.2) is 4.79 Å². The summed E-state index contributed by atoms with van der Waals surface area (Å²) in [5.41, 5.74) is 2.45. The summed E-state index contributed by atoms with van der Waals surface area (Å²) >= 11 is 0. The maximum Gasteiger partial charge on any atom is 0.319 e. The van der Waals surface area contributed by atoms with Gasteiger partial charge in [-0.1, -0.05) is 24.3 Å². The summed E-state index contributed by atoms with van der Waals surface area (Å²) in [7, 11) is 1.46. The van der Waals surface area contributed by atoms with Crippen molar-refractivity contribution >= 4 is 29.0 Å². The Bertz CT molecular complexity index is 789. The van der Waals surface area contributed by atoms with E-state index in [1.54, 1.807) is 24.3 Å². The van der Waals surface area contributed by atoms with E-state index in [1.807, 2.05) is 18.2 Å². The SMILES string of the molecule is COCC(=O)Nc1cccc(NC(=O)NC2CCN(c3ccccc3)CC2)c1. The number of carbonyl (C=O) groups is 2. The predicted molar refractivity (Wildman–Crippen MR) is 111 cm³/mol. The molecule has 1 saturated heterocycles. The zero-order chi connectivity index (χ0) is 19.8. The second kappa shape index (κ2) is 9.75. The highest BCUT2D eigenvalue weighted by molar-refractivity contribution is 5.94. The highest BCUT2D eigenvalue weighted by atomic mass is 16.5. The van der Waals surface area contributed by atoms with Crippen molar-refractivity contribution < 1.29 is 14.3 Å². The van der Waals surface area contributed by atoms with E-state index < -0.39 is 0 Å². The van der Waals surface area contributed by atoms with Gasteiger partial charge in [-0.3, -0.25) is 4.79 Å². The molecule has 0 aromatic heterocycles. The first-order valence-corrected chi connectivity index (χ1v) is 9.40. The molecule has 0 saturated carbocycles. The summed E-state index contributed by atoms with van der Waals surface area (Å²) in [6.07, 6.45) is 1.80. The average molecular weight is 382 g/mol. The fraction of sp³-hybridized carbons (Fsp3) is 0.333. The van der Waals surface area contributed by atoms with Gasteiger partial charge in [-0.2, -0.15) is 0 Å². The summed E-state index contributed by atoms with van der Waals surface area (Å²) in [5, 5.41) is 8.58. The van der Waals surface area contributed by atoms with Gasteiger partial charge in [0.1, 0.15) is 6.61 Å². The highest BCUT2D eigenvalue weighted by Crippen LogP contribution is 2.20. The van der Waals surface area contributed by atoms with E-state index in [4.69, 9.17) is 4.74 Å². The van der Waals surface area contributed by atoms with Crippen LogP contribution in [0.3, 0.4) is 0 Å². The van der Waals surface area contributed by atoms with Gasteiger partial charge in [0.05, 0.1) is 0 Å². The minimum absolute atomic E-state index is 0.0141. The number of para-hydroxylation sites is 1. The predicted octanol–water partition coefficient (Wildman–Crippen LogP) is 3.06. The Labute approximate surface area is 165 Å². The number of ether oxygens (including phenoxy) is 1. The molecular weight excluding hydrogens is 356 g/mol. The van der Waals surface area contributed by atoms with Gasteiger partial charge < -0.3 is 25.6 Å². The Morgan fingerprint density at radius 2 is 1.68 bits per heavy atom. The molecule has 0 bridgehead atoms. The number of nitrogens with one attached hydrogen (secondary N) is 3. The minimum Gasteiger partial charge on any atom is -0.375 e. The number of amides is 3. The molecule has 0 unspecified atom stereocenters. The number of hydrogen-bond acceptors (Lipinski definition) is 4. The molecule has 1 fully saturated rings. The van der Waals surface area contributed by atoms with Crippen molar-refractivity contribution in [2.45, 2.75) is 18.9 Å². The number of rotatable bonds is 6. The van der Waals surface area contributed by atoms with Crippen LogP contribution in [0.4, 0.5) is 21.9 Å². The average Bonchev–Trinajstić information content (AvgIpc) is 2.69. The molecule has 2 aromatic rings. The van der Waals surface area contributed by atoms with Crippen molar-refractivity contribution in [2.24, 2.45) is 0 Å². The Balaban J connectivity index is 1.46. The lowest BCUT2D eigenvalue weighted by Gasteiger charge is -2.34. The first kappa shape index (κ1) is 19.7. The molecule has 148 valence electrons. The summed E-state index contributed by atoms with van der Waals surface area (Å²) in [6.45, 7) is 1.81. The molecule has 0 radical (unpaired) electrons. The van der Waals surface area contributed by atoms with Crippen molar-refractivity contribution in [3.05, 3.63) is 54.6 Å². The Kier molecular flexibility index (Phi) is 6.86. The monoisotopic (exact) mass is 382 g/mol. The Morgan fingerprint density at radius 3 is 2.36 bits per heavy atom. The number of anilines is 3. The molecule has 3 amide bonds. The van der Waals surface area contributed by atoms with Crippen molar-refractivity contribution in [3.8, 4) is 0 Å². The van der Waals surface area contributed by atoms with E-state index in [0.717, 1.165) is 25.9 Å². The van der Waals surface area contributed by atoms with Gasteiger partial charge in [-0.05, 0) is 43.2 Å². The lowest BCUT2D eigenvalue weighted by Crippen LogP contribution is -2.46. The second-order valence-corrected chi connectivity index (χ2v) is 6.76. The zero-order valence-corrected chi connectivity index (χ0v) is 16.0. The summed E-state index contributed by atoms with van der Waals surface area (Å²) in [6, 6.07) is 17.2. The molecule has 2 aromatic carbocycles. The molecule has 7 heteroatoms. The van der Waals surface area contributed by atoms with Crippen LogP contribution in [0.25, 0.3) is 0 Å². The van der Waals surface area contributed by atoms with Crippen LogP contribution in [0.1, 0.15) is 12.8 Å². The maximum atomic E-state index is 12.3. The fourth-order valence-electron chi connectivity index (χ4n) is 3.28. The summed E-state index contributed by atoms with van der Waals surface area (Å²) in [5.74, 6) is -0.241. The molecule has 0 aliphatic carbocycles. The van der Waals surface area contributed by atoms with Crippen LogP contribution in [0, 0.1) is 0 Å². The van der Waals surface area contributed by atoms with Gasteiger partial charge in [-0.15, -0.1) is 0 Å². The van der Waals surface area contributed by atoms with Gasteiger partial charge in [0.15, 0.2) is 0 Å². The van der Waals surface area contributed by atoms with Gasteiger partial charge in [0.25, 0.3) is 0 Å². The zero-order valence-electron chi connectivity index (χ0n) is 16.0. The number of methoxy groups -OCH3 is 1. The fourth-order valence-corrected chi connectivity index (χ4v) is 3.28. The molecular formula is C21H26N4O3. The lowest BCUT2D eigenvalue weighted by atomic mass is 10.0. The molecule has 0 spiro atoms. The van der Waals surface area contributed by atoms with Crippen molar-refractivity contribution in [1.29, 1.82) is 0 Å². The van der Waals surface area contributed by atoms with E-state index >= 15 is 0 Å². The molecule has 3 N–H and O–H groups in total. The van der Waals surface area contributed by atoms with Crippen molar-refractivity contribution in [2.75, 3.05) is 42.3 Å². The number of urea groups is 1. The van der Waals surface area contributed by atoms with Gasteiger partial charge in [0.2, 0.25) is 5.91 Å². The van der Waals surface area contributed by atoms with Gasteiger partial charge >= 0.3 is 6.03 Å². The molecule has 1 heterocycles. The third-order valence-electron chi connectivity index (χ3n) is 4.63. The van der Waals surface area contributed by atoms with E-state index in [0.29, 0.717) is 11.4 Å². The van der Waals surface area contributed by atoms with Crippen LogP contribution in [0.15, 0.2) is 54.6 Å². The van der Waals surface area contributed by atoms with Crippen molar-refractivity contribution in [3.63, 3.8) is 0 Å². The number of piperidine rings is 1. The Morgan fingerprint density at radius 1 is 1.00 bits per heavy atom. The van der Waals surface area contributed by atoms with Crippen LogP contribution in [0.2, 0.25) is 0 Å². The van der Waals surface area contributed by atoms with Crippen LogP contribution in [0.5, 0.6) is 0 Å². The van der Waals surface area contributed by atoms with E-state index in [9.17, 15) is 9.59 Å². The first-order chi connectivity index (χ1) is 13.6. The third-order valence-corrected chi connectivity index (χ3v) is 4.63. The Hall–Kier alpha value is -3.06. The highest BCUT2D eigenvalue weighted by Gasteiger charge is 2.20. The quantitative estimate of drug-likeness (QED) is 0.717. The number of benzene rings is 2. The standard InChI is InChI=1S/C21H26N4O3/c1-28-15-20(26)22-17-6-5-7-18(14-17)24-21(27)23-16-10-12-25(13-11-16)19-8-3-2-4-9-19/h2-9,14,16H,10-13,15H2,1H3,(H,22,26)(H2,23,24,27). The van der Waals surface area contributed by atoms with Crippen molar-refractivity contribution in [1.82, 2.24) is 5.32 Å². The molecule has 7 nitrogen and oxygen atoms in total. The van der Waals surface area contributed by atoms with Crippen LogP contribution < -0.4 is 20.9 Å². The van der Waals surface area contributed by atoms with E-state index in [2.05, 4.69) is 33.0 Å². The van der Waals surface area contributed by atoms with E-state index in [1.165, 1.54) is 12.8 Å². The van der Waals surface area contributed by atoms with Crippen LogP contribution in [-0.4, -0.2) is 44.8 Å². The molecule has 3 rings (SSSR count). The lowest BCUT2D eigenvalue weighted by molar-refractivity contribution is -0.119. The van der Waals surface area contributed by atoms with Crippen LogP contribution >= 0.6 is 0 Å². The molecule has 28 heavy (non-hydrogen) atoms. The first-order valence-electron chi connectivity index (χ1n) is 9.40. The molecule has 1 aliphatic heterocycles.